The van der Waals surface area contributed by atoms with Crippen molar-refractivity contribution in [1.29, 1.82) is 0 Å². The van der Waals surface area contributed by atoms with E-state index in [9.17, 15) is 4.79 Å². The first-order valence-electron chi connectivity index (χ1n) is 5.30. The molecule has 84 valence electrons. The van der Waals surface area contributed by atoms with Gasteiger partial charge in [0, 0.05) is 15.4 Å². The van der Waals surface area contributed by atoms with Gasteiger partial charge in [0.25, 0.3) is 0 Å². The maximum Gasteiger partial charge on any atom is 0.186 e. The molecule has 2 aromatic rings. The molecule has 0 saturated heterocycles. The van der Waals surface area contributed by atoms with Crippen LogP contribution in [-0.2, 0) is 0 Å². The molecule has 0 radical (unpaired) electrons. The molecule has 0 unspecified atom stereocenters. The lowest BCUT2D eigenvalue weighted by atomic mass is 10.1. The summed E-state index contributed by atoms with van der Waals surface area (Å²) in [5, 5.41) is 0. The fraction of sp³-hybridized carbons (Fsp3) is 0. The van der Waals surface area contributed by atoms with Crippen LogP contribution in [0.4, 0.5) is 0 Å². The molecule has 2 heteroatoms. The Kier molecular flexibility index (Phi) is 3.78. The molecule has 2 rings (SSSR count). The third-order valence-corrected chi connectivity index (χ3v) is 3.39. The molecule has 2 aromatic carbocycles. The zero-order chi connectivity index (χ0) is 12.1. The van der Waals surface area contributed by atoms with Crippen molar-refractivity contribution < 1.29 is 4.79 Å². The van der Waals surface area contributed by atoms with Crippen molar-refractivity contribution in [2.24, 2.45) is 0 Å². The topological polar surface area (TPSA) is 17.1 Å². The van der Waals surface area contributed by atoms with Gasteiger partial charge in [0.05, 0.1) is 0 Å². The van der Waals surface area contributed by atoms with Gasteiger partial charge in [-0.2, -0.15) is 0 Å². The second-order valence-electron chi connectivity index (χ2n) is 3.48. The van der Waals surface area contributed by atoms with Crippen molar-refractivity contribution in [1.82, 2.24) is 0 Å². The average Bonchev–Trinajstić information content (AvgIpc) is 2.40. The fourth-order valence-corrected chi connectivity index (χ4v) is 2.46. The van der Waals surface area contributed by atoms with Crippen LogP contribution in [0.2, 0.25) is 0 Å². The highest BCUT2D eigenvalue weighted by atomic mass is 32.2. The quantitative estimate of drug-likeness (QED) is 0.588. The second kappa shape index (κ2) is 5.51. The molecule has 17 heavy (non-hydrogen) atoms. The van der Waals surface area contributed by atoms with Crippen LogP contribution >= 0.6 is 11.8 Å². The Hall–Kier alpha value is -1.80. The van der Waals surface area contributed by atoms with Gasteiger partial charge in [-0.1, -0.05) is 48.7 Å². The number of hydrogen-bond acceptors (Lipinski definition) is 2. The first-order chi connectivity index (χ1) is 8.31. The highest BCUT2D eigenvalue weighted by Crippen LogP contribution is 2.30. The van der Waals surface area contributed by atoms with Crippen LogP contribution in [0.5, 0.6) is 0 Å². The number of rotatable bonds is 4. The third-order valence-electron chi connectivity index (χ3n) is 2.31. The van der Waals surface area contributed by atoms with Gasteiger partial charge >= 0.3 is 0 Å². The molecule has 0 aliphatic rings. The smallest absolute Gasteiger partial charge is 0.186 e. The van der Waals surface area contributed by atoms with Gasteiger partial charge in [-0.05, 0) is 30.3 Å². The van der Waals surface area contributed by atoms with E-state index >= 15 is 0 Å². The lowest BCUT2D eigenvalue weighted by Gasteiger charge is -2.06. The standard InChI is InChI=1S/C15H12OS/c1-2-14(16)13-10-6-7-11-15(13)17-12-8-4-3-5-9-12/h2-11H,1H2. The van der Waals surface area contributed by atoms with E-state index in [0.29, 0.717) is 5.56 Å². The molecule has 0 saturated carbocycles. The van der Waals surface area contributed by atoms with Crippen molar-refractivity contribution in [3.05, 3.63) is 72.8 Å². The molecular formula is C15H12OS. The van der Waals surface area contributed by atoms with Crippen molar-refractivity contribution in [2.45, 2.75) is 9.79 Å². The van der Waals surface area contributed by atoms with Gasteiger partial charge in [-0.3, -0.25) is 4.79 Å². The lowest BCUT2D eigenvalue weighted by Crippen LogP contribution is -1.95. The summed E-state index contributed by atoms with van der Waals surface area (Å²) in [6, 6.07) is 17.6. The minimum absolute atomic E-state index is 0.0379. The van der Waals surface area contributed by atoms with Crippen LogP contribution in [-0.4, -0.2) is 5.78 Å². The van der Waals surface area contributed by atoms with Gasteiger partial charge < -0.3 is 0 Å². The molecule has 1 nitrogen and oxygen atoms in total. The number of benzene rings is 2. The minimum atomic E-state index is -0.0379. The van der Waals surface area contributed by atoms with Crippen LogP contribution < -0.4 is 0 Å². The fourth-order valence-electron chi connectivity index (χ4n) is 1.48. The Morgan fingerprint density at radius 2 is 1.65 bits per heavy atom. The van der Waals surface area contributed by atoms with Crippen LogP contribution in [0.3, 0.4) is 0 Å². The molecule has 0 N–H and O–H groups in total. The van der Waals surface area contributed by atoms with Crippen molar-refractivity contribution >= 4 is 17.5 Å². The van der Waals surface area contributed by atoms with Crippen LogP contribution in [0, 0.1) is 0 Å². The van der Waals surface area contributed by atoms with Gasteiger partial charge in [-0.15, -0.1) is 0 Å². The average molecular weight is 240 g/mol. The molecule has 0 heterocycles. The molecule has 0 spiro atoms. The van der Waals surface area contributed by atoms with E-state index in [4.69, 9.17) is 0 Å². The summed E-state index contributed by atoms with van der Waals surface area (Å²) in [6.45, 7) is 3.53. The largest absolute Gasteiger partial charge is 0.289 e. The monoisotopic (exact) mass is 240 g/mol. The highest BCUT2D eigenvalue weighted by molar-refractivity contribution is 7.99. The minimum Gasteiger partial charge on any atom is -0.289 e. The summed E-state index contributed by atoms with van der Waals surface area (Å²) >= 11 is 1.59. The maximum absolute atomic E-state index is 11.7. The van der Waals surface area contributed by atoms with Gasteiger partial charge in [-0.25, -0.2) is 0 Å². The third kappa shape index (κ3) is 2.86. The van der Waals surface area contributed by atoms with E-state index in [2.05, 4.69) is 6.58 Å². The number of hydrogen-bond donors (Lipinski definition) is 0. The number of carbonyl (C=O) groups excluding carboxylic acids is 1. The Morgan fingerprint density at radius 3 is 2.35 bits per heavy atom. The highest BCUT2D eigenvalue weighted by Gasteiger charge is 2.08. The van der Waals surface area contributed by atoms with Crippen LogP contribution in [0.1, 0.15) is 10.4 Å². The van der Waals surface area contributed by atoms with Crippen molar-refractivity contribution in [3.63, 3.8) is 0 Å². The second-order valence-corrected chi connectivity index (χ2v) is 4.60. The summed E-state index contributed by atoms with van der Waals surface area (Å²) in [7, 11) is 0. The normalized spacial score (nSPS) is 9.88. The van der Waals surface area contributed by atoms with E-state index < -0.39 is 0 Å². The molecule has 0 bridgehead atoms. The van der Waals surface area contributed by atoms with Gasteiger partial charge in [0.15, 0.2) is 5.78 Å². The Bertz CT molecular complexity index is 532. The molecule has 0 aliphatic heterocycles. The zero-order valence-corrected chi connectivity index (χ0v) is 10.1. The van der Waals surface area contributed by atoms with Gasteiger partial charge in [0.2, 0.25) is 0 Å². The van der Waals surface area contributed by atoms with E-state index in [0.717, 1.165) is 9.79 Å². The molecule has 0 fully saturated rings. The van der Waals surface area contributed by atoms with E-state index in [1.54, 1.807) is 11.8 Å². The number of carbonyl (C=O) groups is 1. The zero-order valence-electron chi connectivity index (χ0n) is 9.30. The maximum atomic E-state index is 11.7. The summed E-state index contributed by atoms with van der Waals surface area (Å²) in [5.41, 5.74) is 0.705. The number of ketones is 1. The lowest BCUT2D eigenvalue weighted by molar-refractivity contribution is 0.104. The molecule has 0 atom stereocenters. The Balaban J connectivity index is 2.33. The summed E-state index contributed by atoms with van der Waals surface area (Å²) in [5.74, 6) is -0.0379. The van der Waals surface area contributed by atoms with E-state index in [1.165, 1.54) is 6.08 Å². The van der Waals surface area contributed by atoms with Crippen molar-refractivity contribution in [2.75, 3.05) is 0 Å². The summed E-state index contributed by atoms with van der Waals surface area (Å²) in [4.78, 5) is 13.8. The predicted molar refractivity (Wildman–Crippen MR) is 71.5 cm³/mol. The Labute approximate surface area is 105 Å². The van der Waals surface area contributed by atoms with Crippen LogP contribution in [0.15, 0.2) is 77.0 Å². The number of allylic oxidation sites excluding steroid dienone is 1. The van der Waals surface area contributed by atoms with Crippen LogP contribution in [0.25, 0.3) is 0 Å². The molecular weight excluding hydrogens is 228 g/mol. The van der Waals surface area contributed by atoms with E-state index in [-0.39, 0.29) is 5.78 Å². The molecule has 0 aromatic heterocycles. The first kappa shape index (κ1) is 11.7. The van der Waals surface area contributed by atoms with Crippen molar-refractivity contribution in [3.8, 4) is 0 Å². The SMILES string of the molecule is C=CC(=O)c1ccccc1Sc1ccccc1. The Morgan fingerprint density at radius 1 is 1.00 bits per heavy atom. The molecule has 0 aliphatic carbocycles. The summed E-state index contributed by atoms with van der Waals surface area (Å²) in [6.07, 6.45) is 1.35. The molecule has 0 amide bonds. The summed E-state index contributed by atoms with van der Waals surface area (Å²) < 4.78 is 0. The van der Waals surface area contributed by atoms with Gasteiger partial charge in [0.1, 0.15) is 0 Å². The first-order valence-corrected chi connectivity index (χ1v) is 6.11. The predicted octanol–water partition coefficient (Wildman–Crippen LogP) is 4.21. The van der Waals surface area contributed by atoms with E-state index in [1.807, 2.05) is 54.6 Å².